The van der Waals surface area contributed by atoms with Gasteiger partial charge in [-0.3, -0.25) is 4.79 Å². The van der Waals surface area contributed by atoms with E-state index in [-0.39, 0.29) is 17.1 Å². The zero-order chi connectivity index (χ0) is 15.5. The van der Waals surface area contributed by atoms with Crippen molar-refractivity contribution < 1.29 is 18.3 Å². The molecule has 0 aliphatic carbocycles. The molecule has 4 nitrogen and oxygen atoms in total. The van der Waals surface area contributed by atoms with Crippen LogP contribution in [0.15, 0.2) is 57.9 Å². The third-order valence-electron chi connectivity index (χ3n) is 2.91. The fourth-order valence-corrected chi connectivity index (χ4v) is 3.49. The standard InChI is InChI=1S/C15H13BrO4S/c16-13-5-1-12(2-6-13)10-21(19,20)14-7-3-11(4-8-14)9-15(17)18/h1-8H,9-10H2,(H,17,18). The van der Waals surface area contributed by atoms with Crippen molar-refractivity contribution >= 4 is 31.7 Å². The van der Waals surface area contributed by atoms with E-state index < -0.39 is 15.8 Å². The zero-order valence-corrected chi connectivity index (χ0v) is 13.4. The number of hydrogen-bond acceptors (Lipinski definition) is 3. The fourth-order valence-electron chi connectivity index (χ4n) is 1.87. The maximum absolute atomic E-state index is 12.3. The summed E-state index contributed by atoms with van der Waals surface area (Å²) in [6.45, 7) is 0. The number of rotatable bonds is 5. The van der Waals surface area contributed by atoms with E-state index in [1.165, 1.54) is 24.3 Å². The molecule has 0 saturated carbocycles. The van der Waals surface area contributed by atoms with Crippen molar-refractivity contribution in [2.24, 2.45) is 0 Å². The summed E-state index contributed by atoms with van der Waals surface area (Å²) in [6, 6.07) is 13.0. The van der Waals surface area contributed by atoms with Crippen molar-refractivity contribution in [2.75, 3.05) is 0 Å². The molecule has 0 aliphatic heterocycles. The minimum absolute atomic E-state index is 0.0848. The van der Waals surface area contributed by atoms with Crippen LogP contribution in [-0.4, -0.2) is 19.5 Å². The van der Waals surface area contributed by atoms with Crippen LogP contribution in [0.1, 0.15) is 11.1 Å². The number of carbonyl (C=O) groups is 1. The van der Waals surface area contributed by atoms with Crippen LogP contribution in [0.4, 0.5) is 0 Å². The van der Waals surface area contributed by atoms with E-state index in [1.807, 2.05) is 0 Å². The highest BCUT2D eigenvalue weighted by Crippen LogP contribution is 2.19. The summed E-state index contributed by atoms with van der Waals surface area (Å²) in [7, 11) is -3.43. The van der Waals surface area contributed by atoms with Gasteiger partial charge in [0.15, 0.2) is 9.84 Å². The van der Waals surface area contributed by atoms with Crippen LogP contribution in [-0.2, 0) is 26.8 Å². The Morgan fingerprint density at radius 3 is 2.00 bits per heavy atom. The first kappa shape index (κ1) is 15.7. The average Bonchev–Trinajstić information content (AvgIpc) is 2.41. The highest BCUT2D eigenvalue weighted by molar-refractivity contribution is 9.10. The number of carboxylic acid groups (broad SMARTS) is 1. The van der Waals surface area contributed by atoms with Crippen LogP contribution in [0.3, 0.4) is 0 Å². The van der Waals surface area contributed by atoms with Crippen LogP contribution < -0.4 is 0 Å². The first-order valence-corrected chi connectivity index (χ1v) is 8.59. The molecule has 2 aromatic rings. The minimum Gasteiger partial charge on any atom is -0.481 e. The highest BCUT2D eigenvalue weighted by atomic mass is 79.9. The van der Waals surface area contributed by atoms with E-state index in [0.29, 0.717) is 11.1 Å². The molecule has 2 rings (SSSR count). The van der Waals surface area contributed by atoms with Gasteiger partial charge in [-0.05, 0) is 35.4 Å². The maximum atomic E-state index is 12.3. The van der Waals surface area contributed by atoms with Gasteiger partial charge < -0.3 is 5.11 Å². The molecule has 21 heavy (non-hydrogen) atoms. The molecule has 0 bridgehead atoms. The highest BCUT2D eigenvalue weighted by Gasteiger charge is 2.15. The molecule has 0 heterocycles. The molecular weight excluding hydrogens is 356 g/mol. The predicted molar refractivity (Wildman–Crippen MR) is 82.8 cm³/mol. The molecule has 0 saturated heterocycles. The summed E-state index contributed by atoms with van der Waals surface area (Å²) in [6.07, 6.45) is -0.118. The summed E-state index contributed by atoms with van der Waals surface area (Å²) in [5, 5.41) is 8.69. The van der Waals surface area contributed by atoms with Gasteiger partial charge in [0.1, 0.15) is 0 Å². The Balaban J connectivity index is 2.19. The molecule has 0 radical (unpaired) electrons. The lowest BCUT2D eigenvalue weighted by atomic mass is 10.2. The Labute approximate surface area is 131 Å². The number of sulfone groups is 1. The number of halogens is 1. The van der Waals surface area contributed by atoms with Crippen molar-refractivity contribution in [1.29, 1.82) is 0 Å². The lowest BCUT2D eigenvalue weighted by molar-refractivity contribution is -0.136. The van der Waals surface area contributed by atoms with E-state index in [0.717, 1.165) is 4.47 Å². The lowest BCUT2D eigenvalue weighted by Crippen LogP contribution is -2.06. The van der Waals surface area contributed by atoms with Crippen molar-refractivity contribution in [1.82, 2.24) is 0 Å². The van der Waals surface area contributed by atoms with Gasteiger partial charge in [0, 0.05) is 4.47 Å². The third-order valence-corrected chi connectivity index (χ3v) is 5.14. The van der Waals surface area contributed by atoms with Crippen molar-refractivity contribution in [3.05, 3.63) is 64.1 Å². The minimum atomic E-state index is -3.43. The van der Waals surface area contributed by atoms with Gasteiger partial charge in [-0.15, -0.1) is 0 Å². The molecule has 6 heteroatoms. The summed E-state index contributed by atoms with van der Waals surface area (Å²) in [5.41, 5.74) is 1.28. The van der Waals surface area contributed by atoms with Crippen molar-refractivity contribution in [3.8, 4) is 0 Å². The van der Waals surface area contributed by atoms with Crippen LogP contribution >= 0.6 is 15.9 Å². The normalized spacial score (nSPS) is 11.3. The Bertz CT molecular complexity index is 734. The summed E-state index contributed by atoms with van der Waals surface area (Å²) in [5.74, 6) is -1.03. The van der Waals surface area contributed by atoms with Gasteiger partial charge in [-0.2, -0.15) is 0 Å². The largest absolute Gasteiger partial charge is 0.481 e. The average molecular weight is 369 g/mol. The van der Waals surface area contributed by atoms with Gasteiger partial charge in [0.2, 0.25) is 0 Å². The van der Waals surface area contributed by atoms with Gasteiger partial charge in [-0.25, -0.2) is 8.42 Å². The number of hydrogen-bond donors (Lipinski definition) is 1. The molecule has 0 fully saturated rings. The topological polar surface area (TPSA) is 71.4 Å². The van der Waals surface area contributed by atoms with Gasteiger partial charge in [-0.1, -0.05) is 40.2 Å². The van der Waals surface area contributed by atoms with Crippen LogP contribution in [0.2, 0.25) is 0 Å². The second kappa shape index (κ2) is 6.41. The van der Waals surface area contributed by atoms with Crippen molar-refractivity contribution in [2.45, 2.75) is 17.1 Å². The van der Waals surface area contributed by atoms with E-state index >= 15 is 0 Å². The predicted octanol–water partition coefficient (Wildman–Crippen LogP) is 3.05. The van der Waals surface area contributed by atoms with E-state index in [1.54, 1.807) is 24.3 Å². The maximum Gasteiger partial charge on any atom is 0.307 e. The molecule has 0 aromatic heterocycles. The molecule has 0 amide bonds. The second-order valence-corrected chi connectivity index (χ2v) is 7.51. The van der Waals surface area contributed by atoms with Crippen LogP contribution in [0.5, 0.6) is 0 Å². The second-order valence-electron chi connectivity index (χ2n) is 4.60. The molecule has 0 atom stereocenters. The summed E-state index contributed by atoms with van der Waals surface area (Å²) in [4.78, 5) is 10.8. The molecule has 0 aliphatic rings. The molecule has 110 valence electrons. The lowest BCUT2D eigenvalue weighted by Gasteiger charge is -2.06. The first-order chi connectivity index (χ1) is 9.87. The van der Waals surface area contributed by atoms with Crippen molar-refractivity contribution in [3.63, 3.8) is 0 Å². The monoisotopic (exact) mass is 368 g/mol. The first-order valence-electron chi connectivity index (χ1n) is 6.15. The van der Waals surface area contributed by atoms with Gasteiger partial charge in [0.25, 0.3) is 0 Å². The summed E-state index contributed by atoms with van der Waals surface area (Å²) >= 11 is 3.30. The van der Waals surface area contributed by atoms with E-state index in [4.69, 9.17) is 5.11 Å². The molecule has 2 aromatic carbocycles. The molecular formula is C15H13BrO4S. The number of benzene rings is 2. The van der Waals surface area contributed by atoms with E-state index in [9.17, 15) is 13.2 Å². The molecule has 0 unspecified atom stereocenters. The summed E-state index contributed by atoms with van der Waals surface area (Å²) < 4.78 is 25.5. The molecule has 0 spiro atoms. The van der Waals surface area contributed by atoms with Crippen LogP contribution in [0, 0.1) is 0 Å². The van der Waals surface area contributed by atoms with Crippen LogP contribution in [0.25, 0.3) is 0 Å². The quantitative estimate of drug-likeness (QED) is 0.880. The van der Waals surface area contributed by atoms with E-state index in [2.05, 4.69) is 15.9 Å². The Morgan fingerprint density at radius 1 is 0.952 bits per heavy atom. The Kier molecular flexibility index (Phi) is 4.80. The Hall–Kier alpha value is -1.66. The number of aliphatic carboxylic acids is 1. The smallest absolute Gasteiger partial charge is 0.307 e. The number of carboxylic acids is 1. The SMILES string of the molecule is O=C(O)Cc1ccc(S(=O)(=O)Cc2ccc(Br)cc2)cc1. The fraction of sp³-hybridized carbons (Fsp3) is 0.133. The van der Waals surface area contributed by atoms with Gasteiger partial charge >= 0.3 is 5.97 Å². The third kappa shape index (κ3) is 4.41. The zero-order valence-electron chi connectivity index (χ0n) is 11.0. The van der Waals surface area contributed by atoms with Gasteiger partial charge in [0.05, 0.1) is 17.1 Å². The Morgan fingerprint density at radius 2 is 1.48 bits per heavy atom. The molecule has 1 N–H and O–H groups in total.